The lowest BCUT2D eigenvalue weighted by molar-refractivity contribution is -0.131. The van der Waals surface area contributed by atoms with Crippen LogP contribution in [0, 0.1) is 0 Å². The van der Waals surface area contributed by atoms with E-state index in [2.05, 4.69) is 211 Å². The molecule has 0 heterocycles. The quantitative estimate of drug-likeness (QED) is 0.0671. The van der Waals surface area contributed by atoms with Gasteiger partial charge in [-0.2, -0.15) is 13.2 Å². The van der Waals surface area contributed by atoms with E-state index in [1.807, 2.05) is 30.2 Å². The Morgan fingerprint density at radius 3 is 0.714 bits per heavy atom. The highest BCUT2D eigenvalue weighted by molar-refractivity contribution is 7.43. The Bertz CT molecular complexity index is 1560. The topological polar surface area (TPSA) is 46.2 Å². The lowest BCUT2D eigenvalue weighted by atomic mass is 10.5. The monoisotopic (exact) mass is 1430 g/mol. The number of alkyl halides is 3. The molecular formula is C63H171F3O5Si13. The molecule has 0 rings (SSSR count). The molecule has 84 heavy (non-hydrogen) atoms. The highest BCUT2D eigenvalue weighted by atomic mass is 29.3. The van der Waals surface area contributed by atoms with Gasteiger partial charge >= 0.3 is 14.7 Å². The first kappa shape index (κ1) is 130. The van der Waals surface area contributed by atoms with Crippen LogP contribution in [0.4, 0.5) is 13.2 Å². The molecule has 21 heteroatoms. The van der Waals surface area contributed by atoms with Crippen LogP contribution in [0.2, 0.25) is 179 Å². The van der Waals surface area contributed by atoms with Crippen LogP contribution >= 0.6 is 0 Å². The number of hydrogen-bond acceptors (Lipinski definition) is 5. The van der Waals surface area contributed by atoms with E-state index >= 15 is 0 Å². The molecule has 0 saturated carbocycles. The zero-order chi connectivity index (χ0) is 57.8. The van der Waals surface area contributed by atoms with Crippen molar-refractivity contribution in [3.8, 4) is 0 Å². The Morgan fingerprint density at radius 2 is 0.536 bits per heavy atom. The zero-order valence-corrected chi connectivity index (χ0v) is 65.0. The van der Waals surface area contributed by atoms with Gasteiger partial charge in [-0.3, -0.25) is 0 Å². The van der Waals surface area contributed by atoms with E-state index in [0.717, 1.165) is 0 Å². The Morgan fingerprint density at radius 1 is 0.310 bits per heavy atom. The molecule has 0 fully saturated rings. The standard InChI is InChI=1S/C16H40OSi3.C14H31F3O2Si4.2C10H24OSi3.13CH4/c1-9-18(10-2,11-3)17-20(15-7,16-8)19(12-4,13-5)14-6;1-10-20(3,4)18-23(9,13-12-14(15,16)17)19-22(7,8)21(5,6)11-2;2*1-9-12(3,4)11-14(7,8)13(5,6)10-2;;;;;;;;;;;;;/h9-16H2,1-8H3;10-11H,1-2,12-13H2,3-9H3;2*9-10H,1-2H2,3-8H3;13*1H4. The Kier molecular flexibility index (Phi) is 79.2. The molecule has 0 aromatic rings. The van der Waals surface area contributed by atoms with Gasteiger partial charge in [-0.25, -0.2) is 0 Å². The molecule has 0 saturated heterocycles. The van der Waals surface area contributed by atoms with Gasteiger partial charge in [-0.15, -0.1) is 56.6 Å². The molecule has 1 atom stereocenters. The molecule has 526 valence electrons. The van der Waals surface area contributed by atoms with Gasteiger partial charge in [0.2, 0.25) is 0 Å². The van der Waals surface area contributed by atoms with Crippen molar-refractivity contribution in [3.63, 3.8) is 0 Å². The Labute approximate surface area is 550 Å². The average Bonchev–Trinajstić information content (AvgIpc) is 3.26. The van der Waals surface area contributed by atoms with Gasteiger partial charge in [-0.1, -0.05) is 226 Å². The molecule has 0 aliphatic heterocycles. The minimum absolute atomic E-state index is 0. The van der Waals surface area contributed by atoms with Gasteiger partial charge in [-0.05, 0) is 121 Å². The molecular weight excluding hydrogens is 1260 g/mol. The maximum Gasteiger partial charge on any atom is 0.389 e. The summed E-state index contributed by atoms with van der Waals surface area (Å²) < 4.78 is 71.0. The van der Waals surface area contributed by atoms with Gasteiger partial charge in [0.1, 0.15) is 0 Å². The number of halogens is 3. The minimum atomic E-state index is -4.20. The summed E-state index contributed by atoms with van der Waals surface area (Å²) in [5.41, 5.74) is 12.1. The summed E-state index contributed by atoms with van der Waals surface area (Å²) in [6.45, 7) is 84.4. The molecule has 1 unspecified atom stereocenters. The second kappa shape index (κ2) is 51.4. The van der Waals surface area contributed by atoms with Gasteiger partial charge in [0.25, 0.3) is 0 Å². The molecule has 0 amide bonds. The molecule has 0 aliphatic rings. The summed E-state index contributed by atoms with van der Waals surface area (Å²) in [5, 5.41) is 0. The van der Waals surface area contributed by atoms with Crippen LogP contribution in [0.5, 0.6) is 0 Å². The molecule has 0 spiro atoms. The van der Waals surface area contributed by atoms with Crippen LogP contribution in [0.1, 0.15) is 158 Å². The highest BCUT2D eigenvalue weighted by Gasteiger charge is 2.54. The van der Waals surface area contributed by atoms with E-state index in [9.17, 15) is 13.2 Å². The van der Waals surface area contributed by atoms with Crippen LogP contribution in [-0.4, -0.2) is 110 Å². The first-order valence-corrected chi connectivity index (χ1v) is 67.9. The lowest BCUT2D eigenvalue weighted by Gasteiger charge is -2.51. The summed E-state index contributed by atoms with van der Waals surface area (Å²) >= 11 is 0. The van der Waals surface area contributed by atoms with Gasteiger partial charge in [0.05, 0.1) is 30.4 Å². The second-order valence-electron chi connectivity index (χ2n) is 24.8. The zero-order valence-electron chi connectivity index (χ0n) is 52.0. The van der Waals surface area contributed by atoms with Crippen LogP contribution < -0.4 is 0 Å². The smallest absolute Gasteiger partial charge is 0.389 e. The molecule has 0 radical (unpaired) electrons. The van der Waals surface area contributed by atoms with Crippen molar-refractivity contribution >= 4 is 104 Å². The largest absolute Gasteiger partial charge is 0.457 e. The third kappa shape index (κ3) is 41.4. The Hall–Kier alpha value is 0.849. The predicted octanol–water partition coefficient (Wildman–Crippen LogP) is 27.8. The molecule has 0 aromatic heterocycles. The van der Waals surface area contributed by atoms with Crippen molar-refractivity contribution in [2.45, 2.75) is 343 Å². The first-order chi connectivity index (χ1) is 31.6. The van der Waals surface area contributed by atoms with E-state index in [1.54, 1.807) is 12.2 Å². The van der Waals surface area contributed by atoms with Gasteiger partial charge in [0.15, 0.2) is 64.6 Å². The van der Waals surface area contributed by atoms with Crippen LogP contribution in [0.25, 0.3) is 0 Å². The van der Waals surface area contributed by atoms with Crippen LogP contribution in [0.15, 0.2) is 73.7 Å². The second-order valence-corrected chi connectivity index (χ2v) is 104. The van der Waals surface area contributed by atoms with Crippen molar-refractivity contribution in [3.05, 3.63) is 73.7 Å². The summed E-state index contributed by atoms with van der Waals surface area (Å²) in [5.74, 6) is 0. The molecule has 0 aromatic carbocycles. The van der Waals surface area contributed by atoms with Crippen molar-refractivity contribution in [2.75, 3.05) is 0 Å². The van der Waals surface area contributed by atoms with Crippen molar-refractivity contribution < 1.29 is 33.7 Å². The third-order valence-corrected chi connectivity index (χ3v) is 109. The van der Waals surface area contributed by atoms with Crippen molar-refractivity contribution in [1.82, 2.24) is 0 Å². The fourth-order valence-corrected chi connectivity index (χ4v) is 81.9. The van der Waals surface area contributed by atoms with E-state index in [-0.39, 0.29) is 103 Å². The van der Waals surface area contributed by atoms with E-state index in [4.69, 9.17) is 20.6 Å². The third-order valence-electron chi connectivity index (χ3n) is 17.0. The summed E-state index contributed by atoms with van der Waals surface area (Å²) in [4.78, 5) is 0. The van der Waals surface area contributed by atoms with Gasteiger partial charge < -0.3 is 20.6 Å². The van der Waals surface area contributed by atoms with Crippen LogP contribution in [-0.2, 0) is 20.6 Å². The molecule has 5 nitrogen and oxygen atoms in total. The van der Waals surface area contributed by atoms with Crippen molar-refractivity contribution in [1.29, 1.82) is 0 Å². The average molecular weight is 1430 g/mol. The SMILES string of the molecule is C.C.C.C.C.C.C.C.C.C.C.C.C.C=C[Si](C)(C)O[Si](C)(C)[Si](C)(C)C=C.C=C[Si](C)(C)O[Si](C)(C)[Si](C)(C)C=C.C=C[Si](C)(C)O[Si](C)(CCC(F)(F)F)O[Si](C)(C)[Si](C)(C)C=C.CC[Si](CC)(CC)O[Si](CC)(CC)[Si](CC)(CC)CC. The molecule has 0 bridgehead atoms. The maximum absolute atomic E-state index is 12.7. The van der Waals surface area contributed by atoms with Gasteiger partial charge in [0, 0.05) is 6.42 Å². The summed E-state index contributed by atoms with van der Waals surface area (Å²) in [6, 6.07) is 10.9. The van der Waals surface area contributed by atoms with Crippen molar-refractivity contribution in [2.24, 2.45) is 0 Å². The van der Waals surface area contributed by atoms with E-state index in [0.29, 0.717) is 0 Å². The number of rotatable bonds is 30. The first-order valence-electron chi connectivity index (χ1n) is 27.0. The predicted molar refractivity (Wildman–Crippen MR) is 440 cm³/mol. The number of hydrogen-bond donors (Lipinski definition) is 0. The fourth-order valence-electron chi connectivity index (χ4n) is 8.51. The van der Waals surface area contributed by atoms with Crippen LogP contribution in [0.3, 0.4) is 0 Å². The van der Waals surface area contributed by atoms with E-state index < -0.39 is 116 Å². The molecule has 0 N–H and O–H groups in total. The minimum Gasteiger partial charge on any atom is -0.457 e. The summed E-state index contributed by atoms with van der Waals surface area (Å²) in [7, 11) is -22.5. The van der Waals surface area contributed by atoms with E-state index in [1.165, 1.54) is 48.4 Å². The Balaban J connectivity index is -0.0000000460. The lowest BCUT2D eigenvalue weighted by Crippen LogP contribution is -2.67. The summed E-state index contributed by atoms with van der Waals surface area (Å²) in [6.07, 6.45) is -5.06. The normalized spacial score (nSPS) is 12.5. The fraction of sp³-hybridized carbons (Fsp3) is 0.810. The maximum atomic E-state index is 12.7. The molecule has 0 aliphatic carbocycles. The highest BCUT2D eigenvalue weighted by Crippen LogP contribution is 2.41.